The quantitative estimate of drug-likeness (QED) is 0.775. The fourth-order valence-electron chi connectivity index (χ4n) is 1.21. The molecule has 1 aromatic rings. The van der Waals surface area contributed by atoms with E-state index in [1.807, 2.05) is 18.2 Å². The van der Waals surface area contributed by atoms with Crippen molar-refractivity contribution in [1.29, 1.82) is 0 Å². The summed E-state index contributed by atoms with van der Waals surface area (Å²) in [5.41, 5.74) is 1.16. The van der Waals surface area contributed by atoms with E-state index in [0.29, 0.717) is 0 Å². The van der Waals surface area contributed by atoms with Gasteiger partial charge in [0.2, 0.25) is 0 Å². The summed E-state index contributed by atoms with van der Waals surface area (Å²) >= 11 is 3.60. The Kier molecular flexibility index (Phi) is 3.43. The average Bonchev–Trinajstić information content (AvgIpc) is 2.15. The maximum Gasteiger partial charge on any atom is 0.161 e. The lowest BCUT2D eigenvalue weighted by Crippen LogP contribution is -2.06. The fourth-order valence-corrected chi connectivity index (χ4v) is 1.45. The Hall–Kier alpha value is -0.700. The molecule has 0 saturated heterocycles. The lowest BCUT2D eigenvalue weighted by atomic mass is 10.0. The maximum absolute atomic E-state index is 5.23. The van der Waals surface area contributed by atoms with Crippen molar-refractivity contribution in [2.45, 2.75) is 18.2 Å². The number of alkyl halides is 1. The van der Waals surface area contributed by atoms with Crippen molar-refractivity contribution in [2.75, 3.05) is 14.2 Å². The largest absolute Gasteiger partial charge is 0.493 e. The number of methoxy groups -OCH3 is 2. The van der Waals surface area contributed by atoms with Gasteiger partial charge in [0.15, 0.2) is 11.5 Å². The summed E-state index contributed by atoms with van der Waals surface area (Å²) in [6.45, 7) is 4.18. The van der Waals surface area contributed by atoms with E-state index in [9.17, 15) is 0 Å². The van der Waals surface area contributed by atoms with Crippen LogP contribution in [0.5, 0.6) is 11.5 Å². The molecule has 0 bridgehead atoms. The predicted molar refractivity (Wildman–Crippen MR) is 61.5 cm³/mol. The summed E-state index contributed by atoms with van der Waals surface area (Å²) in [7, 11) is 3.28. The first-order chi connectivity index (χ1) is 6.49. The van der Waals surface area contributed by atoms with Gasteiger partial charge in [-0.05, 0) is 31.5 Å². The lowest BCUT2D eigenvalue weighted by Gasteiger charge is -2.18. The van der Waals surface area contributed by atoms with Gasteiger partial charge in [-0.2, -0.15) is 0 Å². The SMILES string of the molecule is COc1ccc(C(C)(C)Br)cc1OC. The third kappa shape index (κ3) is 2.41. The van der Waals surface area contributed by atoms with Crippen LogP contribution in [-0.2, 0) is 4.32 Å². The fraction of sp³-hybridized carbons (Fsp3) is 0.455. The van der Waals surface area contributed by atoms with Crippen molar-refractivity contribution in [3.05, 3.63) is 23.8 Å². The minimum absolute atomic E-state index is 0.0491. The minimum atomic E-state index is -0.0491. The number of halogens is 1. The van der Waals surface area contributed by atoms with Gasteiger partial charge in [-0.1, -0.05) is 22.0 Å². The Morgan fingerprint density at radius 2 is 1.64 bits per heavy atom. The molecule has 2 nitrogen and oxygen atoms in total. The molecule has 0 amide bonds. The van der Waals surface area contributed by atoms with Crippen LogP contribution < -0.4 is 9.47 Å². The van der Waals surface area contributed by atoms with Gasteiger partial charge in [-0.25, -0.2) is 0 Å². The second kappa shape index (κ2) is 4.22. The second-order valence-electron chi connectivity index (χ2n) is 3.54. The number of hydrogen-bond acceptors (Lipinski definition) is 2. The highest BCUT2D eigenvalue weighted by molar-refractivity contribution is 9.09. The molecule has 0 aliphatic heterocycles. The van der Waals surface area contributed by atoms with Crippen molar-refractivity contribution >= 4 is 15.9 Å². The molecule has 0 aliphatic rings. The van der Waals surface area contributed by atoms with Crippen LogP contribution in [0.15, 0.2) is 18.2 Å². The highest BCUT2D eigenvalue weighted by atomic mass is 79.9. The minimum Gasteiger partial charge on any atom is -0.493 e. The molecule has 0 aromatic heterocycles. The van der Waals surface area contributed by atoms with E-state index in [-0.39, 0.29) is 4.32 Å². The van der Waals surface area contributed by atoms with E-state index in [1.165, 1.54) is 0 Å². The average molecular weight is 259 g/mol. The molecule has 3 heteroatoms. The zero-order valence-corrected chi connectivity index (χ0v) is 10.5. The Labute approximate surface area is 93.4 Å². The highest BCUT2D eigenvalue weighted by Crippen LogP contribution is 2.36. The van der Waals surface area contributed by atoms with Crippen LogP contribution in [0.1, 0.15) is 19.4 Å². The van der Waals surface area contributed by atoms with Gasteiger partial charge < -0.3 is 9.47 Å². The third-order valence-electron chi connectivity index (χ3n) is 2.07. The van der Waals surface area contributed by atoms with Gasteiger partial charge in [0.05, 0.1) is 14.2 Å². The van der Waals surface area contributed by atoms with Crippen LogP contribution in [0, 0.1) is 0 Å². The van der Waals surface area contributed by atoms with Crippen LogP contribution in [0.2, 0.25) is 0 Å². The summed E-state index contributed by atoms with van der Waals surface area (Å²) in [4.78, 5) is 0. The molecule has 78 valence electrons. The Balaban J connectivity index is 3.14. The normalized spacial score (nSPS) is 11.2. The smallest absolute Gasteiger partial charge is 0.161 e. The van der Waals surface area contributed by atoms with E-state index < -0.39 is 0 Å². The van der Waals surface area contributed by atoms with Gasteiger partial charge in [0.25, 0.3) is 0 Å². The number of benzene rings is 1. The zero-order valence-electron chi connectivity index (χ0n) is 8.93. The third-order valence-corrected chi connectivity index (χ3v) is 2.53. The van der Waals surface area contributed by atoms with Gasteiger partial charge in [0.1, 0.15) is 0 Å². The van der Waals surface area contributed by atoms with E-state index in [4.69, 9.17) is 9.47 Å². The van der Waals surface area contributed by atoms with Crippen LogP contribution in [0.4, 0.5) is 0 Å². The van der Waals surface area contributed by atoms with Crippen molar-refractivity contribution < 1.29 is 9.47 Å². The molecular formula is C11H15BrO2. The summed E-state index contributed by atoms with van der Waals surface area (Å²) in [5.74, 6) is 1.52. The first-order valence-corrected chi connectivity index (χ1v) is 5.19. The molecule has 0 unspecified atom stereocenters. The molecule has 0 atom stereocenters. The van der Waals surface area contributed by atoms with Crippen molar-refractivity contribution in [1.82, 2.24) is 0 Å². The topological polar surface area (TPSA) is 18.5 Å². The van der Waals surface area contributed by atoms with Gasteiger partial charge in [-0.15, -0.1) is 0 Å². The molecular weight excluding hydrogens is 244 g/mol. The molecule has 0 spiro atoms. The number of ether oxygens (including phenoxy) is 2. The molecule has 0 heterocycles. The van der Waals surface area contributed by atoms with Crippen LogP contribution in [-0.4, -0.2) is 14.2 Å². The Morgan fingerprint density at radius 1 is 1.07 bits per heavy atom. The summed E-state index contributed by atoms with van der Waals surface area (Å²) in [5, 5.41) is 0. The first kappa shape index (κ1) is 11.4. The summed E-state index contributed by atoms with van der Waals surface area (Å²) in [6.07, 6.45) is 0. The molecule has 1 aromatic carbocycles. The maximum atomic E-state index is 5.23. The molecule has 0 N–H and O–H groups in total. The van der Waals surface area contributed by atoms with Gasteiger partial charge in [-0.3, -0.25) is 0 Å². The molecule has 1 rings (SSSR count). The van der Waals surface area contributed by atoms with E-state index in [1.54, 1.807) is 14.2 Å². The molecule has 0 fully saturated rings. The number of rotatable bonds is 3. The second-order valence-corrected chi connectivity index (χ2v) is 5.52. The van der Waals surface area contributed by atoms with Crippen molar-refractivity contribution in [3.8, 4) is 11.5 Å². The van der Waals surface area contributed by atoms with Crippen molar-refractivity contribution in [2.24, 2.45) is 0 Å². The van der Waals surface area contributed by atoms with Crippen LogP contribution >= 0.6 is 15.9 Å². The van der Waals surface area contributed by atoms with Crippen molar-refractivity contribution in [3.63, 3.8) is 0 Å². The van der Waals surface area contributed by atoms with E-state index in [0.717, 1.165) is 17.1 Å². The Morgan fingerprint density at radius 3 is 2.07 bits per heavy atom. The summed E-state index contributed by atoms with van der Waals surface area (Å²) in [6, 6.07) is 5.92. The zero-order chi connectivity index (χ0) is 10.8. The van der Waals surface area contributed by atoms with Crippen LogP contribution in [0.25, 0.3) is 0 Å². The number of hydrogen-bond donors (Lipinski definition) is 0. The monoisotopic (exact) mass is 258 g/mol. The molecule has 0 aliphatic carbocycles. The predicted octanol–water partition coefficient (Wildman–Crippen LogP) is 3.33. The molecule has 0 radical (unpaired) electrons. The first-order valence-electron chi connectivity index (χ1n) is 4.40. The lowest BCUT2D eigenvalue weighted by molar-refractivity contribution is 0.354. The highest BCUT2D eigenvalue weighted by Gasteiger charge is 2.17. The standard InChI is InChI=1S/C11H15BrO2/c1-11(2,12)8-5-6-9(13-3)10(7-8)14-4/h5-7H,1-4H3. The van der Waals surface area contributed by atoms with Gasteiger partial charge >= 0.3 is 0 Å². The Bertz CT molecular complexity index is 316. The summed E-state index contributed by atoms with van der Waals surface area (Å²) < 4.78 is 10.3. The van der Waals surface area contributed by atoms with E-state index in [2.05, 4.69) is 29.8 Å². The van der Waals surface area contributed by atoms with Gasteiger partial charge in [0, 0.05) is 4.32 Å². The van der Waals surface area contributed by atoms with E-state index >= 15 is 0 Å². The van der Waals surface area contributed by atoms with Crippen LogP contribution in [0.3, 0.4) is 0 Å². The molecule has 14 heavy (non-hydrogen) atoms. The molecule has 0 saturated carbocycles.